The fraction of sp³-hybridized carbons (Fsp3) is 0.250. The SMILES string of the molecule is CSc1ncc(C2=C(C(=O)O)N3C(=O)[C@@H](NC(=O)/C(=N/O)c4csc(N)n4)[C@H]3SC2)s1. The standard InChI is InChI=1S/C16H14N6O5S4/c1-28-16-18-2-7(31-16)5-3-29-13-9(12(24)22(13)10(5)14(25)26)20-11(23)8(21-27)6-4-30-15(17)19-6/h2,4,9,13,27H,3H2,1H3,(H2,17,19)(H,20,23)(H,25,26)/b21-8+/t9-,13-/m1/s1. The Morgan fingerprint density at radius 3 is 2.81 bits per heavy atom. The first kappa shape index (κ1) is 21.6. The van der Waals surface area contributed by atoms with Gasteiger partial charge in [0.25, 0.3) is 11.8 Å². The molecule has 1 saturated heterocycles. The number of amides is 2. The lowest BCUT2D eigenvalue weighted by Gasteiger charge is -2.49. The molecule has 11 nitrogen and oxygen atoms in total. The number of β-lactam (4-membered cyclic amide) rings is 1. The summed E-state index contributed by atoms with van der Waals surface area (Å²) in [4.78, 5) is 47.3. The molecule has 2 aromatic heterocycles. The fourth-order valence-electron chi connectivity index (χ4n) is 3.12. The zero-order valence-electron chi connectivity index (χ0n) is 15.6. The van der Waals surface area contributed by atoms with Crippen LogP contribution in [-0.4, -0.2) is 72.1 Å². The van der Waals surface area contributed by atoms with Crippen molar-refractivity contribution < 1.29 is 24.7 Å². The van der Waals surface area contributed by atoms with E-state index in [1.165, 1.54) is 45.1 Å². The highest BCUT2D eigenvalue weighted by Crippen LogP contribution is 2.44. The van der Waals surface area contributed by atoms with E-state index in [1.54, 1.807) is 6.20 Å². The van der Waals surface area contributed by atoms with Crippen molar-refractivity contribution in [3.63, 3.8) is 0 Å². The number of carbonyl (C=O) groups is 3. The monoisotopic (exact) mass is 498 g/mol. The summed E-state index contributed by atoms with van der Waals surface area (Å²) in [6, 6.07) is -0.968. The van der Waals surface area contributed by atoms with Crippen molar-refractivity contribution in [3.8, 4) is 0 Å². The number of thioether (sulfide) groups is 2. The molecule has 4 heterocycles. The van der Waals surface area contributed by atoms with Crippen LogP contribution in [0.3, 0.4) is 0 Å². The number of aliphatic carboxylic acids is 1. The predicted molar refractivity (Wildman–Crippen MR) is 118 cm³/mol. The van der Waals surface area contributed by atoms with Crippen LogP contribution in [0.15, 0.2) is 26.8 Å². The highest BCUT2D eigenvalue weighted by Gasteiger charge is 2.54. The van der Waals surface area contributed by atoms with E-state index in [9.17, 15) is 24.7 Å². The molecule has 1 fully saturated rings. The number of hydrogen-bond donors (Lipinski definition) is 4. The molecule has 2 aromatic rings. The van der Waals surface area contributed by atoms with Gasteiger partial charge in [-0.25, -0.2) is 14.8 Å². The molecule has 5 N–H and O–H groups in total. The molecule has 0 unspecified atom stereocenters. The number of fused-ring (bicyclic) bond motifs is 1. The third-order valence-corrected chi connectivity index (χ3v) is 8.50. The van der Waals surface area contributed by atoms with Gasteiger partial charge in [-0.3, -0.25) is 14.5 Å². The van der Waals surface area contributed by atoms with E-state index in [-0.39, 0.29) is 22.2 Å². The van der Waals surface area contributed by atoms with E-state index >= 15 is 0 Å². The quantitative estimate of drug-likeness (QED) is 0.148. The molecule has 0 aromatic carbocycles. The van der Waals surface area contributed by atoms with Gasteiger partial charge >= 0.3 is 5.97 Å². The molecule has 15 heteroatoms. The lowest BCUT2D eigenvalue weighted by molar-refractivity contribution is -0.149. The first-order valence-electron chi connectivity index (χ1n) is 8.51. The zero-order chi connectivity index (χ0) is 22.3. The van der Waals surface area contributed by atoms with Gasteiger partial charge < -0.3 is 21.4 Å². The average molecular weight is 499 g/mol. The number of carboxylic acid groups (broad SMARTS) is 1. The average Bonchev–Trinajstić information content (AvgIpc) is 3.40. The van der Waals surface area contributed by atoms with E-state index < -0.39 is 29.2 Å². The van der Waals surface area contributed by atoms with Crippen LogP contribution in [0.1, 0.15) is 10.6 Å². The molecule has 0 aliphatic carbocycles. The van der Waals surface area contributed by atoms with E-state index in [4.69, 9.17) is 5.73 Å². The number of nitrogens with zero attached hydrogens (tertiary/aromatic N) is 4. The third kappa shape index (κ3) is 3.77. The molecule has 2 amide bonds. The highest BCUT2D eigenvalue weighted by molar-refractivity contribution is 8.00. The number of hydrogen-bond acceptors (Lipinski definition) is 12. The van der Waals surface area contributed by atoms with E-state index in [2.05, 4.69) is 20.4 Å². The van der Waals surface area contributed by atoms with Crippen LogP contribution in [0, 0.1) is 0 Å². The van der Waals surface area contributed by atoms with Gasteiger partial charge in [-0.05, 0) is 6.26 Å². The Morgan fingerprint density at radius 2 is 2.23 bits per heavy atom. The number of rotatable bonds is 6. The minimum Gasteiger partial charge on any atom is -0.477 e. The lowest BCUT2D eigenvalue weighted by Crippen LogP contribution is -2.71. The minimum absolute atomic E-state index is 0.0747. The van der Waals surface area contributed by atoms with Crippen LogP contribution in [0.2, 0.25) is 0 Å². The van der Waals surface area contributed by atoms with Gasteiger partial charge in [0.2, 0.25) is 0 Å². The van der Waals surface area contributed by atoms with Gasteiger partial charge in [0, 0.05) is 22.9 Å². The lowest BCUT2D eigenvalue weighted by atomic mass is 10.0. The number of thiazole rings is 2. The third-order valence-electron chi connectivity index (χ3n) is 4.49. The Labute approximate surface area is 191 Å². The molecule has 0 bridgehead atoms. The first-order chi connectivity index (χ1) is 14.8. The van der Waals surface area contributed by atoms with Crippen molar-refractivity contribution in [1.29, 1.82) is 0 Å². The van der Waals surface area contributed by atoms with E-state index in [0.717, 1.165) is 15.7 Å². The largest absolute Gasteiger partial charge is 0.477 e. The maximum atomic E-state index is 12.8. The van der Waals surface area contributed by atoms with Gasteiger partial charge in [0.1, 0.15) is 27.1 Å². The number of carbonyl (C=O) groups excluding carboxylic acids is 2. The highest BCUT2D eigenvalue weighted by atomic mass is 32.2. The van der Waals surface area contributed by atoms with Crippen molar-refractivity contribution in [1.82, 2.24) is 20.2 Å². The predicted octanol–water partition coefficient (Wildman–Crippen LogP) is 0.978. The molecule has 0 radical (unpaired) electrons. The van der Waals surface area contributed by atoms with E-state index in [0.29, 0.717) is 16.2 Å². The fourth-order valence-corrected chi connectivity index (χ4v) is 6.57. The second kappa shape index (κ2) is 8.49. The smallest absolute Gasteiger partial charge is 0.353 e. The molecule has 2 aliphatic rings. The maximum Gasteiger partial charge on any atom is 0.353 e. The van der Waals surface area contributed by atoms with Crippen molar-refractivity contribution >= 4 is 80.4 Å². The summed E-state index contributed by atoms with van der Waals surface area (Å²) in [7, 11) is 0. The van der Waals surface area contributed by atoms with Crippen molar-refractivity contribution in [2.75, 3.05) is 17.7 Å². The Hall–Kier alpha value is -2.62. The summed E-state index contributed by atoms with van der Waals surface area (Å²) in [5.74, 6) is -2.27. The molecule has 31 heavy (non-hydrogen) atoms. The Bertz CT molecular complexity index is 1140. The number of nitrogen functional groups attached to an aromatic ring is 1. The zero-order valence-corrected chi connectivity index (χ0v) is 18.9. The maximum absolute atomic E-state index is 12.8. The molecular weight excluding hydrogens is 484 g/mol. The summed E-state index contributed by atoms with van der Waals surface area (Å²) in [6.07, 6.45) is 3.47. The van der Waals surface area contributed by atoms with Gasteiger partial charge in [0.05, 0.1) is 4.88 Å². The summed E-state index contributed by atoms with van der Waals surface area (Å²) >= 11 is 5.21. The molecule has 4 rings (SSSR count). The van der Waals surface area contributed by atoms with Crippen LogP contribution in [0.5, 0.6) is 0 Å². The normalized spacial score (nSPS) is 21.0. The second-order valence-corrected chi connectivity index (χ2v) is 10.3. The van der Waals surface area contributed by atoms with Crippen LogP contribution in [0.4, 0.5) is 5.13 Å². The summed E-state index contributed by atoms with van der Waals surface area (Å²) in [5.41, 5.74) is 5.63. The van der Waals surface area contributed by atoms with Gasteiger partial charge in [0.15, 0.2) is 10.8 Å². The number of aromatic nitrogens is 2. The summed E-state index contributed by atoms with van der Waals surface area (Å²) in [6.45, 7) is 0. The minimum atomic E-state index is -1.23. The molecule has 0 saturated carbocycles. The van der Waals surface area contributed by atoms with Crippen LogP contribution >= 0.6 is 46.2 Å². The van der Waals surface area contributed by atoms with Crippen LogP contribution in [-0.2, 0) is 14.4 Å². The molecule has 0 spiro atoms. The molecule has 2 aliphatic heterocycles. The van der Waals surface area contributed by atoms with E-state index in [1.807, 2.05) is 6.26 Å². The second-order valence-electron chi connectivity index (χ2n) is 6.21. The van der Waals surface area contributed by atoms with Crippen LogP contribution < -0.4 is 11.1 Å². The number of anilines is 1. The van der Waals surface area contributed by atoms with Crippen LogP contribution in [0.25, 0.3) is 5.57 Å². The van der Waals surface area contributed by atoms with Crippen molar-refractivity contribution in [3.05, 3.63) is 27.8 Å². The van der Waals surface area contributed by atoms with Crippen molar-refractivity contribution in [2.45, 2.75) is 15.8 Å². The van der Waals surface area contributed by atoms with Gasteiger partial charge in [-0.15, -0.1) is 34.4 Å². The Kier molecular flexibility index (Phi) is 5.92. The molecule has 162 valence electrons. The summed E-state index contributed by atoms with van der Waals surface area (Å²) < 4.78 is 0.790. The number of nitrogens with two attached hydrogens (primary N) is 1. The Morgan fingerprint density at radius 1 is 1.45 bits per heavy atom. The number of oxime groups is 1. The molecule has 2 atom stereocenters. The van der Waals surface area contributed by atoms with Gasteiger partial charge in [-0.1, -0.05) is 16.9 Å². The summed E-state index contributed by atoms with van der Waals surface area (Å²) in [5, 5.41) is 25.5. The molecular formula is C16H14N6O5S4. The number of carboxylic acids is 1. The topological polar surface area (TPSA) is 171 Å². The number of nitrogens with one attached hydrogen (secondary N) is 1. The van der Waals surface area contributed by atoms with Gasteiger partial charge in [-0.2, -0.15) is 0 Å². The Balaban J connectivity index is 1.56. The first-order valence-corrected chi connectivity index (χ1v) is 12.5. The van der Waals surface area contributed by atoms with Crippen molar-refractivity contribution in [2.24, 2.45) is 5.16 Å².